The number of likely N-dealkylation sites (N-methyl/N-ethyl adjacent to an activating group) is 1. The Hall–Kier alpha value is -0.210. The molecule has 1 heterocycles. The van der Waals surface area contributed by atoms with Crippen LogP contribution in [0, 0.1) is 0 Å². The molecule has 19 heavy (non-hydrogen) atoms. The molecule has 114 valence electrons. The van der Waals surface area contributed by atoms with E-state index in [1.807, 2.05) is 13.8 Å². The van der Waals surface area contributed by atoms with Crippen molar-refractivity contribution in [1.82, 2.24) is 4.31 Å². The Morgan fingerprint density at radius 3 is 2.58 bits per heavy atom. The van der Waals surface area contributed by atoms with Gasteiger partial charge in [-0.25, -0.2) is 12.7 Å². The summed E-state index contributed by atoms with van der Waals surface area (Å²) in [6, 6.07) is 0. The Morgan fingerprint density at radius 2 is 2.11 bits per heavy atom. The molecular formula is C12H25NO5S. The lowest BCUT2D eigenvalue weighted by atomic mass is 10.3. The van der Waals surface area contributed by atoms with E-state index in [9.17, 15) is 8.42 Å². The molecular weight excluding hydrogens is 270 g/mol. The minimum absolute atomic E-state index is 0.0291. The second-order valence-electron chi connectivity index (χ2n) is 5.17. The zero-order chi connectivity index (χ0) is 14.5. The molecule has 1 fully saturated rings. The minimum Gasteiger partial charge on any atom is -0.379 e. The van der Waals surface area contributed by atoms with Gasteiger partial charge < -0.3 is 14.2 Å². The third kappa shape index (κ3) is 6.67. The van der Waals surface area contributed by atoms with Crippen LogP contribution in [0.2, 0.25) is 0 Å². The number of hydrogen-bond acceptors (Lipinski definition) is 5. The van der Waals surface area contributed by atoms with Gasteiger partial charge in [0.1, 0.15) is 0 Å². The van der Waals surface area contributed by atoms with E-state index in [1.54, 1.807) is 7.05 Å². The molecule has 1 aliphatic heterocycles. The molecule has 0 aromatic carbocycles. The summed E-state index contributed by atoms with van der Waals surface area (Å²) in [5.74, 6) is 0. The summed E-state index contributed by atoms with van der Waals surface area (Å²) in [7, 11) is -1.65. The van der Waals surface area contributed by atoms with E-state index in [4.69, 9.17) is 14.2 Å². The molecule has 0 aromatic heterocycles. The van der Waals surface area contributed by atoms with Gasteiger partial charge in [0.15, 0.2) is 0 Å². The van der Waals surface area contributed by atoms with E-state index >= 15 is 0 Å². The zero-order valence-electron chi connectivity index (χ0n) is 12.2. The highest BCUT2D eigenvalue weighted by molar-refractivity contribution is 7.88. The minimum atomic E-state index is -3.20. The average Bonchev–Trinajstić information content (AvgIpc) is 2.76. The molecule has 0 spiro atoms. The van der Waals surface area contributed by atoms with E-state index in [2.05, 4.69) is 0 Å². The Balaban J connectivity index is 2.46. The van der Waals surface area contributed by atoms with Gasteiger partial charge in [0.2, 0.25) is 10.0 Å². The van der Waals surface area contributed by atoms with Crippen molar-refractivity contribution in [1.29, 1.82) is 0 Å². The van der Waals surface area contributed by atoms with Crippen LogP contribution in [0.4, 0.5) is 0 Å². The second-order valence-corrected chi connectivity index (χ2v) is 7.26. The molecule has 1 rings (SSSR count). The lowest BCUT2D eigenvalue weighted by molar-refractivity contribution is -0.0691. The van der Waals surface area contributed by atoms with E-state index in [-0.39, 0.29) is 18.3 Å². The molecule has 0 N–H and O–H groups in total. The van der Waals surface area contributed by atoms with Crippen molar-refractivity contribution >= 4 is 10.0 Å². The second kappa shape index (κ2) is 7.54. The van der Waals surface area contributed by atoms with Crippen molar-refractivity contribution in [3.8, 4) is 0 Å². The largest absolute Gasteiger partial charge is 0.379 e. The van der Waals surface area contributed by atoms with E-state index in [1.165, 1.54) is 10.6 Å². The highest BCUT2D eigenvalue weighted by Gasteiger charge is 2.22. The summed E-state index contributed by atoms with van der Waals surface area (Å²) in [4.78, 5) is 0. The van der Waals surface area contributed by atoms with Gasteiger partial charge in [0.25, 0.3) is 0 Å². The maximum absolute atomic E-state index is 11.4. The first-order chi connectivity index (χ1) is 8.79. The summed E-state index contributed by atoms with van der Waals surface area (Å²) in [5.41, 5.74) is 0. The highest BCUT2D eigenvalue weighted by Crippen LogP contribution is 2.11. The van der Waals surface area contributed by atoms with Crippen molar-refractivity contribution in [2.75, 3.05) is 39.7 Å². The molecule has 0 aromatic rings. The summed E-state index contributed by atoms with van der Waals surface area (Å²) < 4.78 is 40.8. The monoisotopic (exact) mass is 295 g/mol. The van der Waals surface area contributed by atoms with Crippen molar-refractivity contribution in [2.45, 2.75) is 38.6 Å². The van der Waals surface area contributed by atoms with Gasteiger partial charge in [0, 0.05) is 20.2 Å². The number of sulfonamides is 1. The number of rotatable bonds is 8. The number of ether oxygens (including phenoxy) is 3. The fraction of sp³-hybridized carbons (Fsp3) is 1.00. The lowest BCUT2D eigenvalue weighted by Gasteiger charge is -2.25. The Labute approximate surface area is 116 Å². The normalized spacial score (nSPS) is 22.3. The van der Waals surface area contributed by atoms with Crippen LogP contribution >= 0.6 is 0 Å². The first-order valence-corrected chi connectivity index (χ1v) is 8.40. The van der Waals surface area contributed by atoms with Gasteiger partial charge in [-0.3, -0.25) is 0 Å². The van der Waals surface area contributed by atoms with Crippen molar-refractivity contribution in [2.24, 2.45) is 0 Å². The van der Waals surface area contributed by atoms with Gasteiger partial charge >= 0.3 is 0 Å². The van der Waals surface area contributed by atoms with Crippen LogP contribution in [0.3, 0.4) is 0 Å². The Morgan fingerprint density at radius 1 is 1.42 bits per heavy atom. The molecule has 1 aliphatic rings. The van der Waals surface area contributed by atoms with E-state index < -0.39 is 10.0 Å². The third-order valence-electron chi connectivity index (χ3n) is 2.90. The maximum Gasteiger partial charge on any atom is 0.211 e. The fourth-order valence-electron chi connectivity index (χ4n) is 1.83. The highest BCUT2D eigenvalue weighted by atomic mass is 32.2. The predicted molar refractivity (Wildman–Crippen MR) is 72.7 cm³/mol. The summed E-state index contributed by atoms with van der Waals surface area (Å²) >= 11 is 0. The standard InChI is InChI=1S/C12H25NO5S/c1-10(2)18-12(7-13(3)19(4,14)15)9-17-11-5-6-16-8-11/h10-12H,5-9H2,1-4H3/t11-,12+/m1/s1. The molecule has 2 atom stereocenters. The van der Waals surface area contributed by atoms with Crippen LogP contribution in [-0.4, -0.2) is 70.7 Å². The number of nitrogens with zero attached hydrogens (tertiary/aromatic N) is 1. The van der Waals surface area contributed by atoms with Crippen LogP contribution in [0.1, 0.15) is 20.3 Å². The topological polar surface area (TPSA) is 65.1 Å². The molecule has 0 radical (unpaired) electrons. The zero-order valence-corrected chi connectivity index (χ0v) is 13.0. The Kier molecular flexibility index (Phi) is 6.68. The van der Waals surface area contributed by atoms with Gasteiger partial charge in [-0.2, -0.15) is 0 Å². The molecule has 0 bridgehead atoms. The molecule has 0 amide bonds. The van der Waals surface area contributed by atoms with Crippen LogP contribution in [0.15, 0.2) is 0 Å². The van der Waals surface area contributed by atoms with Gasteiger partial charge in [-0.15, -0.1) is 0 Å². The van der Waals surface area contributed by atoms with Crippen LogP contribution in [0.5, 0.6) is 0 Å². The van der Waals surface area contributed by atoms with Gasteiger partial charge in [-0.05, 0) is 20.3 Å². The van der Waals surface area contributed by atoms with Crippen molar-refractivity contribution in [3.05, 3.63) is 0 Å². The average molecular weight is 295 g/mol. The van der Waals surface area contributed by atoms with E-state index in [0.717, 1.165) is 13.0 Å². The van der Waals surface area contributed by atoms with Crippen molar-refractivity contribution in [3.63, 3.8) is 0 Å². The molecule has 0 aliphatic carbocycles. The van der Waals surface area contributed by atoms with Gasteiger partial charge in [-0.1, -0.05) is 0 Å². The maximum atomic E-state index is 11.4. The quantitative estimate of drug-likeness (QED) is 0.651. The molecule has 1 saturated heterocycles. The molecule has 6 nitrogen and oxygen atoms in total. The Bertz CT molecular complexity index is 351. The smallest absolute Gasteiger partial charge is 0.211 e. The SMILES string of the molecule is CC(C)O[C@H](CO[C@@H]1CCOC1)CN(C)S(C)(=O)=O. The third-order valence-corrected chi connectivity index (χ3v) is 4.18. The van der Waals surface area contributed by atoms with Crippen LogP contribution in [-0.2, 0) is 24.2 Å². The summed E-state index contributed by atoms with van der Waals surface area (Å²) in [6.45, 7) is 5.86. The van der Waals surface area contributed by atoms with Crippen molar-refractivity contribution < 1.29 is 22.6 Å². The first kappa shape index (κ1) is 16.8. The van der Waals surface area contributed by atoms with Crippen LogP contribution in [0.25, 0.3) is 0 Å². The first-order valence-electron chi connectivity index (χ1n) is 6.55. The van der Waals surface area contributed by atoms with E-state index in [0.29, 0.717) is 19.8 Å². The molecule has 7 heteroatoms. The summed E-state index contributed by atoms with van der Waals surface area (Å²) in [5, 5.41) is 0. The summed E-state index contributed by atoms with van der Waals surface area (Å²) in [6.07, 6.45) is 1.94. The van der Waals surface area contributed by atoms with Gasteiger partial charge in [0.05, 0.1) is 37.8 Å². The van der Waals surface area contributed by atoms with Crippen LogP contribution < -0.4 is 0 Å². The lowest BCUT2D eigenvalue weighted by Crippen LogP contribution is -2.39. The molecule has 0 saturated carbocycles. The number of hydrogen-bond donors (Lipinski definition) is 0. The molecule has 0 unspecified atom stereocenters. The predicted octanol–water partition coefficient (Wildman–Crippen LogP) is 0.477. The fourth-order valence-corrected chi connectivity index (χ4v) is 2.27.